The molecule has 130 valence electrons. The van der Waals surface area contributed by atoms with Crippen LogP contribution in [0.3, 0.4) is 0 Å². The van der Waals surface area contributed by atoms with E-state index < -0.39 is 0 Å². The Balaban J connectivity index is 1.94. The lowest BCUT2D eigenvalue weighted by Crippen LogP contribution is -2.39. The molecule has 1 aliphatic heterocycles. The van der Waals surface area contributed by atoms with Gasteiger partial charge in [0, 0.05) is 18.4 Å². The summed E-state index contributed by atoms with van der Waals surface area (Å²) < 4.78 is 5.43. The summed E-state index contributed by atoms with van der Waals surface area (Å²) >= 11 is 0. The summed E-state index contributed by atoms with van der Waals surface area (Å²) in [5.74, 6) is 0.426. The molecular formula is C19H20N2O4. The van der Waals surface area contributed by atoms with Crippen LogP contribution in [0.5, 0.6) is 5.75 Å². The average molecular weight is 340 g/mol. The van der Waals surface area contributed by atoms with Gasteiger partial charge in [-0.05, 0) is 41.8 Å². The van der Waals surface area contributed by atoms with E-state index >= 15 is 0 Å². The Morgan fingerprint density at radius 1 is 1.12 bits per heavy atom. The molecule has 6 nitrogen and oxygen atoms in total. The predicted molar refractivity (Wildman–Crippen MR) is 93.2 cm³/mol. The lowest BCUT2D eigenvalue weighted by atomic mass is 10.0. The summed E-state index contributed by atoms with van der Waals surface area (Å²) in [6.07, 6.45) is 1.46. The Morgan fingerprint density at radius 3 is 2.56 bits per heavy atom. The van der Waals surface area contributed by atoms with Crippen LogP contribution in [0.25, 0.3) is 11.1 Å². The zero-order valence-electron chi connectivity index (χ0n) is 14.0. The molecule has 2 amide bonds. The second-order valence-corrected chi connectivity index (χ2v) is 5.95. The molecule has 0 atom stereocenters. The average Bonchev–Trinajstić information content (AvgIpc) is 2.64. The van der Waals surface area contributed by atoms with E-state index in [1.54, 1.807) is 19.2 Å². The molecule has 3 rings (SSSR count). The van der Waals surface area contributed by atoms with Crippen LogP contribution in [0.1, 0.15) is 24.8 Å². The quantitative estimate of drug-likeness (QED) is 0.645. The number of ether oxygens (including phenoxy) is 1. The first-order valence-corrected chi connectivity index (χ1v) is 8.13. The van der Waals surface area contributed by atoms with Crippen molar-refractivity contribution in [1.82, 2.24) is 4.90 Å². The Labute approximate surface area is 146 Å². The summed E-state index contributed by atoms with van der Waals surface area (Å²) in [6.45, 7) is 0.257. The van der Waals surface area contributed by atoms with Gasteiger partial charge in [-0.1, -0.05) is 18.2 Å². The number of rotatable bonds is 5. The van der Waals surface area contributed by atoms with E-state index in [0.717, 1.165) is 16.7 Å². The van der Waals surface area contributed by atoms with E-state index in [1.807, 2.05) is 30.3 Å². The van der Waals surface area contributed by atoms with E-state index in [9.17, 15) is 9.59 Å². The molecule has 2 N–H and O–H groups in total. The number of likely N-dealkylation sites (tertiary alicyclic amines) is 1. The lowest BCUT2D eigenvalue weighted by molar-refractivity contribution is -0.148. The van der Waals surface area contributed by atoms with Crippen molar-refractivity contribution in [3.8, 4) is 16.9 Å². The maximum absolute atomic E-state index is 12.0. The van der Waals surface area contributed by atoms with Crippen molar-refractivity contribution in [3.63, 3.8) is 0 Å². The monoisotopic (exact) mass is 340 g/mol. The summed E-state index contributed by atoms with van der Waals surface area (Å²) in [6, 6.07) is 12.8. The van der Waals surface area contributed by atoms with Crippen LogP contribution in [0.2, 0.25) is 0 Å². The molecule has 0 unspecified atom stereocenters. The number of imide groups is 1. The minimum absolute atomic E-state index is 0.125. The van der Waals surface area contributed by atoms with Crippen molar-refractivity contribution >= 4 is 17.5 Å². The Morgan fingerprint density at radius 2 is 1.88 bits per heavy atom. The second-order valence-electron chi connectivity index (χ2n) is 5.95. The van der Waals surface area contributed by atoms with Crippen LogP contribution >= 0.6 is 0 Å². The molecule has 0 radical (unpaired) electrons. The topological polar surface area (TPSA) is 78.9 Å². The maximum atomic E-state index is 12.0. The molecule has 0 spiro atoms. The van der Waals surface area contributed by atoms with E-state index in [0.29, 0.717) is 30.7 Å². The fourth-order valence-electron chi connectivity index (χ4n) is 2.99. The molecule has 6 heteroatoms. The highest BCUT2D eigenvalue weighted by atomic mass is 16.5. The number of nitrogens with zero attached hydrogens (tertiary/aromatic N) is 1. The molecule has 2 aromatic carbocycles. The van der Waals surface area contributed by atoms with Crippen molar-refractivity contribution < 1.29 is 19.5 Å². The van der Waals surface area contributed by atoms with Gasteiger partial charge in [-0.25, -0.2) is 0 Å². The van der Waals surface area contributed by atoms with Crippen LogP contribution in [0, 0.1) is 0 Å². The van der Waals surface area contributed by atoms with Gasteiger partial charge < -0.3 is 4.74 Å². The van der Waals surface area contributed by atoms with Crippen LogP contribution in [0.4, 0.5) is 5.69 Å². The van der Waals surface area contributed by atoms with Crippen LogP contribution in [-0.4, -0.2) is 29.0 Å². The van der Waals surface area contributed by atoms with E-state index in [-0.39, 0.29) is 18.4 Å². The fourth-order valence-corrected chi connectivity index (χ4v) is 2.99. The third-order valence-corrected chi connectivity index (χ3v) is 4.29. The van der Waals surface area contributed by atoms with Crippen molar-refractivity contribution in [2.45, 2.75) is 25.8 Å². The minimum Gasteiger partial charge on any atom is -0.496 e. The Hall–Kier alpha value is -2.86. The maximum Gasteiger partial charge on any atom is 0.229 e. The zero-order valence-corrected chi connectivity index (χ0v) is 14.0. The third-order valence-electron chi connectivity index (χ3n) is 4.29. The zero-order chi connectivity index (χ0) is 17.8. The van der Waals surface area contributed by atoms with Gasteiger partial charge in [-0.2, -0.15) is 0 Å². The molecule has 0 aromatic heterocycles. The highest BCUT2D eigenvalue weighted by Gasteiger charge is 2.26. The number of hydrogen-bond acceptors (Lipinski definition) is 5. The standard InChI is InChI=1S/C19H20N2O4/c1-25-17-9-8-13(12-21-18(22)6-3-7-19(21)23)10-16(17)14-4-2-5-15(11-14)20-24/h2,4-5,8-11,20,24H,3,6-7,12H2,1H3. The Bertz CT molecular complexity index is 788. The molecule has 1 heterocycles. The largest absolute Gasteiger partial charge is 0.496 e. The van der Waals surface area contributed by atoms with Crippen molar-refractivity contribution in [1.29, 1.82) is 0 Å². The number of benzene rings is 2. The summed E-state index contributed by atoms with van der Waals surface area (Å²) in [5.41, 5.74) is 5.22. The van der Waals surface area contributed by atoms with Crippen LogP contribution < -0.4 is 10.2 Å². The smallest absolute Gasteiger partial charge is 0.229 e. The number of methoxy groups -OCH3 is 1. The van der Waals surface area contributed by atoms with Crippen molar-refractivity contribution in [3.05, 3.63) is 48.0 Å². The first-order valence-electron chi connectivity index (χ1n) is 8.13. The van der Waals surface area contributed by atoms with Gasteiger partial charge >= 0.3 is 0 Å². The van der Waals surface area contributed by atoms with Gasteiger partial charge in [0.1, 0.15) is 5.75 Å². The number of carbonyl (C=O) groups excluding carboxylic acids is 2. The van der Waals surface area contributed by atoms with Crippen molar-refractivity contribution in [2.24, 2.45) is 0 Å². The minimum atomic E-state index is -0.125. The molecule has 1 saturated heterocycles. The van der Waals surface area contributed by atoms with Gasteiger partial charge in [-0.15, -0.1) is 0 Å². The van der Waals surface area contributed by atoms with Gasteiger partial charge in [0.25, 0.3) is 0 Å². The fraction of sp³-hybridized carbons (Fsp3) is 0.263. The molecule has 25 heavy (non-hydrogen) atoms. The molecular weight excluding hydrogens is 320 g/mol. The van der Waals surface area contributed by atoms with Crippen LogP contribution in [0.15, 0.2) is 42.5 Å². The van der Waals surface area contributed by atoms with E-state index in [1.165, 1.54) is 4.90 Å². The SMILES string of the molecule is COc1ccc(CN2C(=O)CCCC2=O)cc1-c1cccc(NO)c1. The molecule has 0 saturated carbocycles. The number of nitrogens with one attached hydrogen (secondary N) is 1. The first-order chi connectivity index (χ1) is 12.1. The summed E-state index contributed by atoms with van der Waals surface area (Å²) in [7, 11) is 1.59. The van der Waals surface area contributed by atoms with Gasteiger partial charge in [0.15, 0.2) is 0 Å². The number of hydrogen-bond donors (Lipinski definition) is 2. The number of carbonyl (C=O) groups is 2. The molecule has 0 bridgehead atoms. The molecule has 2 aromatic rings. The highest BCUT2D eigenvalue weighted by molar-refractivity contribution is 5.97. The van der Waals surface area contributed by atoms with Gasteiger partial charge in [-0.3, -0.25) is 25.2 Å². The van der Waals surface area contributed by atoms with Crippen LogP contribution in [-0.2, 0) is 16.1 Å². The summed E-state index contributed by atoms with van der Waals surface area (Å²) in [4.78, 5) is 25.4. The number of piperidine rings is 1. The van der Waals surface area contributed by atoms with Gasteiger partial charge in [0.2, 0.25) is 11.8 Å². The molecule has 0 aliphatic carbocycles. The Kier molecular flexibility index (Phi) is 5.00. The van der Waals surface area contributed by atoms with Crippen molar-refractivity contribution in [2.75, 3.05) is 12.6 Å². The third kappa shape index (κ3) is 3.64. The lowest BCUT2D eigenvalue weighted by Gasteiger charge is -2.25. The van der Waals surface area contributed by atoms with Gasteiger partial charge in [0.05, 0.1) is 19.3 Å². The number of anilines is 1. The highest BCUT2D eigenvalue weighted by Crippen LogP contribution is 2.33. The van der Waals surface area contributed by atoms with E-state index in [2.05, 4.69) is 5.48 Å². The second kappa shape index (κ2) is 7.36. The molecule has 1 fully saturated rings. The predicted octanol–water partition coefficient (Wildman–Crippen LogP) is 3.20. The first kappa shape index (κ1) is 17.0. The normalized spacial score (nSPS) is 14.6. The molecule has 1 aliphatic rings. The summed E-state index contributed by atoms with van der Waals surface area (Å²) in [5, 5.41) is 9.10. The number of amides is 2. The van der Waals surface area contributed by atoms with E-state index in [4.69, 9.17) is 9.94 Å².